The summed E-state index contributed by atoms with van der Waals surface area (Å²) >= 11 is 0. The van der Waals surface area contributed by atoms with Gasteiger partial charge in [-0.1, -0.05) is 44.2 Å². The van der Waals surface area contributed by atoms with Gasteiger partial charge in [-0.3, -0.25) is 38.6 Å². The standard InChI is InChI=1S/C36H56N10O10/c1-19(2)28(34(54)42-20(3)29(49)44-25(35(55)56)14-15-27(47)48)46-30(50)21(4)41-32(52)24(13-9-17-40-36(37)38)43-33(53)26(18-22-10-6-5-7-11-22)45-31(51)23-12-8-16-39-23/h5-7,10-11,19-21,23-26,28,39H,8-9,12-18H2,1-4H3,(H,41,52)(H,42,54)(H,43,53)(H,44,49)(H,45,51)(H,46,50)(H,47,48)(H,55,56)(H4,37,38,40)/t20-,21-,23-,24-,25-,26-,28-/m0/s1. The molecule has 7 atom stereocenters. The third-order valence-corrected chi connectivity index (χ3v) is 8.88. The Morgan fingerprint density at radius 3 is 1.89 bits per heavy atom. The molecule has 13 N–H and O–H groups in total. The Kier molecular flexibility index (Phi) is 19.2. The van der Waals surface area contributed by atoms with Gasteiger partial charge in [0.25, 0.3) is 0 Å². The number of aliphatic imine (C=N–C) groups is 1. The van der Waals surface area contributed by atoms with Crippen molar-refractivity contribution < 1.29 is 48.6 Å². The molecule has 2 rings (SSSR count). The highest BCUT2D eigenvalue weighted by atomic mass is 16.4. The summed E-state index contributed by atoms with van der Waals surface area (Å²) in [6, 6.07) is 1.11. The molecular formula is C36H56N10O10. The lowest BCUT2D eigenvalue weighted by molar-refractivity contribution is -0.143. The number of rotatable bonds is 23. The third kappa shape index (κ3) is 16.3. The van der Waals surface area contributed by atoms with E-state index in [-0.39, 0.29) is 44.1 Å². The number of nitrogens with zero attached hydrogens (tertiary/aromatic N) is 1. The average Bonchev–Trinajstić information content (AvgIpc) is 3.68. The van der Waals surface area contributed by atoms with Crippen LogP contribution >= 0.6 is 0 Å². The maximum Gasteiger partial charge on any atom is 0.326 e. The van der Waals surface area contributed by atoms with Crippen molar-refractivity contribution in [1.29, 1.82) is 0 Å². The molecule has 1 aliphatic rings. The van der Waals surface area contributed by atoms with E-state index in [1.165, 1.54) is 13.8 Å². The second-order valence-electron chi connectivity index (χ2n) is 13.9. The van der Waals surface area contributed by atoms with Crippen LogP contribution in [-0.4, -0.2) is 119 Å². The van der Waals surface area contributed by atoms with Gasteiger partial charge in [0.2, 0.25) is 35.4 Å². The number of nitrogens with two attached hydrogens (primary N) is 2. The van der Waals surface area contributed by atoms with Gasteiger partial charge in [-0.15, -0.1) is 0 Å². The van der Waals surface area contributed by atoms with Crippen LogP contribution in [0.4, 0.5) is 0 Å². The van der Waals surface area contributed by atoms with Gasteiger partial charge in [0.05, 0.1) is 6.04 Å². The van der Waals surface area contributed by atoms with Crippen molar-refractivity contribution in [3.8, 4) is 0 Å². The summed E-state index contributed by atoms with van der Waals surface area (Å²) in [6.45, 7) is 6.71. The molecule has 0 bridgehead atoms. The van der Waals surface area contributed by atoms with Crippen molar-refractivity contribution in [1.82, 2.24) is 37.2 Å². The van der Waals surface area contributed by atoms with E-state index in [0.717, 1.165) is 12.0 Å². The van der Waals surface area contributed by atoms with E-state index < -0.39 is 96.1 Å². The molecule has 6 amide bonds. The van der Waals surface area contributed by atoms with Crippen molar-refractivity contribution in [2.75, 3.05) is 13.1 Å². The largest absolute Gasteiger partial charge is 0.481 e. The van der Waals surface area contributed by atoms with Crippen LogP contribution in [0.15, 0.2) is 35.3 Å². The van der Waals surface area contributed by atoms with E-state index in [9.17, 15) is 43.5 Å². The quantitative estimate of drug-likeness (QED) is 0.0313. The minimum absolute atomic E-state index is 0.0505. The molecule has 0 spiro atoms. The Labute approximate surface area is 325 Å². The number of aliphatic carboxylic acids is 2. The number of guanidine groups is 1. The highest BCUT2D eigenvalue weighted by molar-refractivity contribution is 5.97. The predicted octanol–water partition coefficient (Wildman–Crippen LogP) is -2.41. The lowest BCUT2D eigenvalue weighted by atomic mass is 10.0. The first-order valence-electron chi connectivity index (χ1n) is 18.5. The molecular weight excluding hydrogens is 732 g/mol. The van der Waals surface area contributed by atoms with Gasteiger partial charge < -0.3 is 58.9 Å². The fourth-order valence-corrected chi connectivity index (χ4v) is 5.67. The molecule has 1 fully saturated rings. The summed E-state index contributed by atoms with van der Waals surface area (Å²) in [6.07, 6.45) is 0.971. The third-order valence-electron chi connectivity index (χ3n) is 8.88. The molecule has 1 aromatic carbocycles. The Hall–Kier alpha value is -5.79. The number of hydrogen-bond donors (Lipinski definition) is 11. The number of hydrogen-bond acceptors (Lipinski definition) is 10. The van der Waals surface area contributed by atoms with Crippen LogP contribution in [0.1, 0.15) is 71.8 Å². The average molecular weight is 789 g/mol. The van der Waals surface area contributed by atoms with Gasteiger partial charge in [0.1, 0.15) is 36.3 Å². The topological polar surface area (TPSA) is 326 Å². The summed E-state index contributed by atoms with van der Waals surface area (Å²) in [4.78, 5) is 106. The summed E-state index contributed by atoms with van der Waals surface area (Å²) < 4.78 is 0. The lowest BCUT2D eigenvalue weighted by Crippen LogP contribution is -2.60. The van der Waals surface area contributed by atoms with Crippen molar-refractivity contribution in [2.24, 2.45) is 22.4 Å². The molecule has 0 aliphatic carbocycles. The fourth-order valence-electron chi connectivity index (χ4n) is 5.67. The molecule has 1 aromatic rings. The van der Waals surface area contributed by atoms with Crippen LogP contribution in [-0.2, 0) is 44.8 Å². The van der Waals surface area contributed by atoms with Crippen molar-refractivity contribution in [3.63, 3.8) is 0 Å². The maximum atomic E-state index is 13.8. The summed E-state index contributed by atoms with van der Waals surface area (Å²) in [7, 11) is 0. The maximum absolute atomic E-state index is 13.8. The molecule has 1 saturated heterocycles. The highest BCUT2D eigenvalue weighted by Gasteiger charge is 2.33. The SMILES string of the molecule is CC(C)[C@H](NC(=O)[C@H](C)NC(=O)[C@H](CCCN=C(N)N)NC(=O)[C@H](Cc1ccccc1)NC(=O)[C@@H]1CCCN1)C(=O)N[C@@H](C)C(=O)N[C@@H](CCC(=O)O)C(=O)O. The highest BCUT2D eigenvalue weighted by Crippen LogP contribution is 2.10. The first kappa shape index (κ1) is 46.4. The number of carboxylic acid groups (broad SMARTS) is 2. The molecule has 56 heavy (non-hydrogen) atoms. The van der Waals surface area contributed by atoms with Crippen LogP contribution in [0.25, 0.3) is 0 Å². The second-order valence-corrected chi connectivity index (χ2v) is 13.9. The summed E-state index contributed by atoms with van der Waals surface area (Å²) in [5.41, 5.74) is 11.6. The second kappa shape index (κ2) is 23.2. The number of benzene rings is 1. The van der Waals surface area contributed by atoms with Crippen LogP contribution in [0.2, 0.25) is 0 Å². The Morgan fingerprint density at radius 1 is 0.750 bits per heavy atom. The first-order chi connectivity index (χ1) is 26.4. The van der Waals surface area contributed by atoms with Crippen LogP contribution in [0, 0.1) is 5.92 Å². The zero-order valence-electron chi connectivity index (χ0n) is 32.1. The van der Waals surface area contributed by atoms with Gasteiger partial charge in [-0.05, 0) is 64.0 Å². The van der Waals surface area contributed by atoms with E-state index in [0.29, 0.717) is 13.0 Å². The van der Waals surface area contributed by atoms with Crippen LogP contribution in [0.3, 0.4) is 0 Å². The molecule has 0 aromatic heterocycles. The van der Waals surface area contributed by atoms with Gasteiger partial charge in [-0.2, -0.15) is 0 Å². The van der Waals surface area contributed by atoms with Crippen LogP contribution in [0.5, 0.6) is 0 Å². The van der Waals surface area contributed by atoms with E-state index in [1.807, 2.05) is 6.07 Å². The molecule has 310 valence electrons. The molecule has 1 heterocycles. The zero-order valence-corrected chi connectivity index (χ0v) is 32.1. The smallest absolute Gasteiger partial charge is 0.326 e. The molecule has 20 nitrogen and oxygen atoms in total. The van der Waals surface area contributed by atoms with E-state index in [4.69, 9.17) is 16.6 Å². The normalized spacial score (nSPS) is 16.8. The van der Waals surface area contributed by atoms with Gasteiger partial charge >= 0.3 is 11.9 Å². The van der Waals surface area contributed by atoms with Crippen molar-refractivity contribution in [3.05, 3.63) is 35.9 Å². The van der Waals surface area contributed by atoms with Gasteiger partial charge in [0, 0.05) is 19.4 Å². The number of carboxylic acids is 2. The van der Waals surface area contributed by atoms with E-state index in [1.54, 1.807) is 38.1 Å². The van der Waals surface area contributed by atoms with E-state index >= 15 is 0 Å². The number of carbonyl (C=O) groups excluding carboxylic acids is 6. The summed E-state index contributed by atoms with van der Waals surface area (Å²) in [5.74, 6) is -7.54. The number of carbonyl (C=O) groups is 8. The number of amides is 6. The predicted molar refractivity (Wildman–Crippen MR) is 203 cm³/mol. The Balaban J connectivity index is 2.15. The Morgan fingerprint density at radius 2 is 1.34 bits per heavy atom. The lowest BCUT2D eigenvalue weighted by Gasteiger charge is -2.27. The first-order valence-corrected chi connectivity index (χ1v) is 18.5. The minimum atomic E-state index is -1.51. The van der Waals surface area contributed by atoms with Crippen molar-refractivity contribution >= 4 is 53.3 Å². The number of nitrogens with one attached hydrogen (secondary N) is 7. The zero-order chi connectivity index (χ0) is 41.9. The fraction of sp³-hybridized carbons (Fsp3) is 0.583. The Bertz CT molecular complexity index is 1560. The monoisotopic (exact) mass is 788 g/mol. The molecule has 0 radical (unpaired) electrons. The van der Waals surface area contributed by atoms with E-state index in [2.05, 4.69) is 42.2 Å². The molecule has 1 aliphatic heterocycles. The molecule has 20 heteroatoms. The van der Waals surface area contributed by atoms with Gasteiger partial charge in [-0.25, -0.2) is 4.79 Å². The minimum Gasteiger partial charge on any atom is -0.481 e. The van der Waals surface area contributed by atoms with Crippen molar-refractivity contribution in [2.45, 2.75) is 115 Å². The molecule has 0 saturated carbocycles. The van der Waals surface area contributed by atoms with Gasteiger partial charge in [0.15, 0.2) is 5.96 Å². The van der Waals surface area contributed by atoms with Crippen LogP contribution < -0.4 is 48.7 Å². The summed E-state index contributed by atoms with van der Waals surface area (Å²) in [5, 5.41) is 36.5. The molecule has 0 unspecified atom stereocenters.